The molecule has 1 unspecified atom stereocenters. The summed E-state index contributed by atoms with van der Waals surface area (Å²) >= 11 is 0. The lowest BCUT2D eigenvalue weighted by Crippen LogP contribution is -2.32. The van der Waals surface area contributed by atoms with E-state index in [1.807, 2.05) is 19.9 Å². The van der Waals surface area contributed by atoms with Crippen molar-refractivity contribution >= 4 is 0 Å². The van der Waals surface area contributed by atoms with Gasteiger partial charge < -0.3 is 10.3 Å². The third-order valence-electron chi connectivity index (χ3n) is 3.14. The van der Waals surface area contributed by atoms with Crippen molar-refractivity contribution in [1.82, 2.24) is 10.1 Å². The van der Waals surface area contributed by atoms with Gasteiger partial charge in [0, 0.05) is 6.42 Å². The van der Waals surface area contributed by atoms with Crippen LogP contribution in [0.15, 0.2) is 28.8 Å². The van der Waals surface area contributed by atoms with Gasteiger partial charge >= 0.3 is 0 Å². The van der Waals surface area contributed by atoms with Crippen LogP contribution in [-0.4, -0.2) is 10.1 Å². The molecule has 0 fully saturated rings. The van der Waals surface area contributed by atoms with Gasteiger partial charge in [0.2, 0.25) is 5.89 Å². The van der Waals surface area contributed by atoms with Crippen molar-refractivity contribution in [1.29, 1.82) is 0 Å². The molecule has 18 heavy (non-hydrogen) atoms. The molecule has 2 N–H and O–H groups in total. The first-order valence-corrected chi connectivity index (χ1v) is 6.19. The summed E-state index contributed by atoms with van der Waals surface area (Å²) in [6, 6.07) is 8.28. The van der Waals surface area contributed by atoms with E-state index in [0.29, 0.717) is 18.1 Å². The molecule has 1 aromatic carbocycles. The van der Waals surface area contributed by atoms with Gasteiger partial charge in [0.25, 0.3) is 0 Å². The van der Waals surface area contributed by atoms with Crippen molar-refractivity contribution in [2.45, 2.75) is 39.2 Å². The van der Waals surface area contributed by atoms with E-state index in [4.69, 9.17) is 10.3 Å². The Hall–Kier alpha value is -1.68. The Morgan fingerprint density at radius 1 is 1.39 bits per heavy atom. The number of nitrogens with two attached hydrogens (primary N) is 1. The zero-order valence-corrected chi connectivity index (χ0v) is 11.1. The van der Waals surface area contributed by atoms with Crippen LogP contribution in [0.3, 0.4) is 0 Å². The molecule has 0 aliphatic rings. The molecule has 0 amide bonds. The van der Waals surface area contributed by atoms with Crippen LogP contribution in [-0.2, 0) is 12.0 Å². The monoisotopic (exact) mass is 245 g/mol. The Morgan fingerprint density at radius 2 is 2.17 bits per heavy atom. The van der Waals surface area contributed by atoms with Crippen molar-refractivity contribution in [3.63, 3.8) is 0 Å². The third kappa shape index (κ3) is 2.76. The number of aryl methyl sites for hydroxylation is 1. The van der Waals surface area contributed by atoms with Gasteiger partial charge in [-0.05, 0) is 25.8 Å². The molecule has 4 nitrogen and oxygen atoms in total. The molecule has 1 heterocycles. The minimum absolute atomic E-state index is 0.507. The van der Waals surface area contributed by atoms with Crippen molar-refractivity contribution in [2.24, 2.45) is 5.73 Å². The fourth-order valence-corrected chi connectivity index (χ4v) is 1.71. The number of hydrogen-bond donors (Lipinski definition) is 1. The van der Waals surface area contributed by atoms with Crippen LogP contribution in [0.25, 0.3) is 0 Å². The highest BCUT2D eigenvalue weighted by Gasteiger charge is 2.26. The van der Waals surface area contributed by atoms with Gasteiger partial charge in [0.1, 0.15) is 0 Å². The lowest BCUT2D eigenvalue weighted by molar-refractivity contribution is 0.290. The van der Waals surface area contributed by atoms with Gasteiger partial charge in [-0.1, -0.05) is 41.9 Å². The topological polar surface area (TPSA) is 64.9 Å². The maximum atomic E-state index is 6.07. The number of benzene rings is 1. The molecule has 1 atom stereocenters. The van der Waals surface area contributed by atoms with Gasteiger partial charge in [-0.25, -0.2) is 0 Å². The van der Waals surface area contributed by atoms with Crippen molar-refractivity contribution in [3.8, 4) is 0 Å². The number of rotatable bonds is 4. The molecule has 1 aromatic heterocycles. The molecule has 0 spiro atoms. The Balaban J connectivity index is 2.16. The summed E-state index contributed by atoms with van der Waals surface area (Å²) in [4.78, 5) is 4.37. The van der Waals surface area contributed by atoms with E-state index < -0.39 is 5.54 Å². The first kappa shape index (κ1) is 12.8. The SMILES string of the molecule is CCC(C)(N)c1nc(Cc2cccc(C)c2)no1. The predicted molar refractivity (Wildman–Crippen MR) is 70.1 cm³/mol. The second-order valence-corrected chi connectivity index (χ2v) is 4.95. The molecule has 0 bridgehead atoms. The molecular weight excluding hydrogens is 226 g/mol. The minimum atomic E-state index is -0.544. The lowest BCUT2D eigenvalue weighted by atomic mass is 10.0. The second kappa shape index (κ2) is 4.90. The summed E-state index contributed by atoms with van der Waals surface area (Å²) in [5.41, 5.74) is 7.94. The number of aromatic nitrogens is 2. The average molecular weight is 245 g/mol. The van der Waals surface area contributed by atoms with Crippen LogP contribution in [0.4, 0.5) is 0 Å². The van der Waals surface area contributed by atoms with Gasteiger partial charge in [0.05, 0.1) is 5.54 Å². The molecule has 0 aliphatic carbocycles. The van der Waals surface area contributed by atoms with Gasteiger partial charge in [-0.3, -0.25) is 0 Å². The van der Waals surface area contributed by atoms with Gasteiger partial charge in [-0.15, -0.1) is 0 Å². The molecule has 0 radical (unpaired) electrons. The van der Waals surface area contributed by atoms with E-state index in [-0.39, 0.29) is 0 Å². The average Bonchev–Trinajstić information content (AvgIpc) is 2.78. The minimum Gasteiger partial charge on any atom is -0.337 e. The lowest BCUT2D eigenvalue weighted by Gasteiger charge is -2.16. The Kier molecular flexibility index (Phi) is 3.48. The zero-order chi connectivity index (χ0) is 13.2. The molecule has 0 aliphatic heterocycles. The van der Waals surface area contributed by atoms with E-state index in [1.54, 1.807) is 0 Å². The van der Waals surface area contributed by atoms with E-state index in [1.165, 1.54) is 11.1 Å². The molecule has 2 rings (SSSR count). The van der Waals surface area contributed by atoms with Crippen molar-refractivity contribution in [3.05, 3.63) is 47.1 Å². The Morgan fingerprint density at radius 3 is 2.83 bits per heavy atom. The molecule has 0 saturated carbocycles. The number of nitrogens with zero attached hydrogens (tertiary/aromatic N) is 2. The molecule has 0 saturated heterocycles. The summed E-state index contributed by atoms with van der Waals surface area (Å²) in [7, 11) is 0. The van der Waals surface area contributed by atoms with Crippen LogP contribution in [0.1, 0.15) is 43.1 Å². The van der Waals surface area contributed by atoms with Crippen LogP contribution in [0.5, 0.6) is 0 Å². The van der Waals surface area contributed by atoms with Crippen LogP contribution in [0, 0.1) is 6.92 Å². The largest absolute Gasteiger partial charge is 0.337 e. The normalized spacial score (nSPS) is 14.4. The number of hydrogen-bond acceptors (Lipinski definition) is 4. The molecular formula is C14H19N3O. The third-order valence-corrected chi connectivity index (χ3v) is 3.14. The van der Waals surface area contributed by atoms with Crippen molar-refractivity contribution in [2.75, 3.05) is 0 Å². The Labute approximate surface area is 107 Å². The van der Waals surface area contributed by atoms with Crippen LogP contribution < -0.4 is 5.73 Å². The zero-order valence-electron chi connectivity index (χ0n) is 11.1. The first-order valence-electron chi connectivity index (χ1n) is 6.19. The van der Waals surface area contributed by atoms with E-state index in [0.717, 1.165) is 6.42 Å². The maximum Gasteiger partial charge on any atom is 0.246 e. The first-order chi connectivity index (χ1) is 8.51. The van der Waals surface area contributed by atoms with Crippen LogP contribution >= 0.6 is 0 Å². The smallest absolute Gasteiger partial charge is 0.246 e. The summed E-state index contributed by atoms with van der Waals surface area (Å²) in [5.74, 6) is 1.19. The molecule has 4 heteroatoms. The summed E-state index contributed by atoms with van der Waals surface area (Å²) in [5, 5.41) is 3.99. The highest BCUT2D eigenvalue weighted by molar-refractivity contribution is 5.24. The Bertz CT molecular complexity index is 531. The highest BCUT2D eigenvalue weighted by Crippen LogP contribution is 2.19. The second-order valence-electron chi connectivity index (χ2n) is 4.95. The van der Waals surface area contributed by atoms with Gasteiger partial charge in [0.15, 0.2) is 5.82 Å². The molecule has 2 aromatic rings. The van der Waals surface area contributed by atoms with Gasteiger partial charge in [-0.2, -0.15) is 4.98 Å². The highest BCUT2D eigenvalue weighted by atomic mass is 16.5. The van der Waals surface area contributed by atoms with E-state index in [2.05, 4.69) is 35.3 Å². The van der Waals surface area contributed by atoms with Crippen molar-refractivity contribution < 1.29 is 4.52 Å². The fourth-order valence-electron chi connectivity index (χ4n) is 1.71. The summed E-state index contributed by atoms with van der Waals surface area (Å²) < 4.78 is 5.24. The summed E-state index contributed by atoms with van der Waals surface area (Å²) in [6.07, 6.45) is 1.43. The standard InChI is InChI=1S/C14H19N3O/c1-4-14(3,15)13-16-12(17-18-13)9-11-7-5-6-10(2)8-11/h5-8H,4,9,15H2,1-3H3. The van der Waals surface area contributed by atoms with E-state index >= 15 is 0 Å². The summed E-state index contributed by atoms with van der Waals surface area (Å²) in [6.45, 7) is 5.97. The van der Waals surface area contributed by atoms with Crippen LogP contribution in [0.2, 0.25) is 0 Å². The maximum absolute atomic E-state index is 6.07. The fraction of sp³-hybridized carbons (Fsp3) is 0.429. The van der Waals surface area contributed by atoms with E-state index in [9.17, 15) is 0 Å². The predicted octanol–water partition coefficient (Wildman–Crippen LogP) is 2.55. The quantitative estimate of drug-likeness (QED) is 0.899. The molecule has 96 valence electrons.